The molecule has 1 aliphatic heterocycles. The van der Waals surface area contributed by atoms with Crippen LogP contribution in [0, 0.1) is 13.8 Å². The minimum absolute atomic E-state index is 0.379. The molecule has 7 heteroatoms. The number of rotatable bonds is 2. The van der Waals surface area contributed by atoms with Gasteiger partial charge in [0.15, 0.2) is 5.82 Å². The highest BCUT2D eigenvalue weighted by Crippen LogP contribution is 2.32. The van der Waals surface area contributed by atoms with Crippen LogP contribution in [0.15, 0.2) is 24.3 Å². The molecule has 0 amide bonds. The zero-order chi connectivity index (χ0) is 18.2. The second-order valence-electron chi connectivity index (χ2n) is 6.50. The lowest BCUT2D eigenvalue weighted by atomic mass is 10.0. The van der Waals surface area contributed by atoms with E-state index in [1.54, 1.807) is 0 Å². The molecule has 0 spiro atoms. The van der Waals surface area contributed by atoms with E-state index in [0.717, 1.165) is 48.7 Å². The predicted molar refractivity (Wildman–Crippen MR) is 91.6 cm³/mol. The highest BCUT2D eigenvalue weighted by atomic mass is 19.4. The van der Waals surface area contributed by atoms with Gasteiger partial charge in [0.1, 0.15) is 0 Å². The van der Waals surface area contributed by atoms with Gasteiger partial charge < -0.3 is 10.2 Å². The third-order valence-electron chi connectivity index (χ3n) is 4.65. The van der Waals surface area contributed by atoms with Crippen LogP contribution < -0.4 is 10.2 Å². The van der Waals surface area contributed by atoms with Crippen molar-refractivity contribution in [2.75, 3.05) is 24.5 Å². The van der Waals surface area contributed by atoms with Gasteiger partial charge in [-0.3, -0.25) is 0 Å². The van der Waals surface area contributed by atoms with Crippen LogP contribution in [0.2, 0.25) is 0 Å². The summed E-state index contributed by atoms with van der Waals surface area (Å²) < 4.78 is 38.2. The van der Waals surface area contributed by atoms with Gasteiger partial charge >= 0.3 is 6.18 Å². The molecule has 1 atom stereocenters. The second kappa shape index (κ2) is 6.63. The zero-order valence-electron chi connectivity index (χ0n) is 14.5. The van der Waals surface area contributed by atoms with Gasteiger partial charge in [0.2, 0.25) is 0 Å². The van der Waals surface area contributed by atoms with Crippen LogP contribution in [0.3, 0.4) is 0 Å². The Morgan fingerprint density at radius 2 is 1.76 bits per heavy atom. The standard InChI is InChI=1S/C18H21F3N4/c1-11-10-25(9-8-22-11)17-13(3)12(2)16(23-24-17)14-4-6-15(7-5-14)18(19,20)21/h4-7,11,22H,8-10H2,1-3H3/t11-/m1/s1. The summed E-state index contributed by atoms with van der Waals surface area (Å²) in [4.78, 5) is 2.20. The molecule has 0 bridgehead atoms. The van der Waals surface area contributed by atoms with Gasteiger partial charge in [-0.05, 0) is 44.0 Å². The van der Waals surface area contributed by atoms with Gasteiger partial charge in [-0.1, -0.05) is 12.1 Å². The first-order valence-corrected chi connectivity index (χ1v) is 8.27. The Kier molecular flexibility index (Phi) is 4.69. The lowest BCUT2D eigenvalue weighted by Gasteiger charge is -2.33. The summed E-state index contributed by atoms with van der Waals surface area (Å²) >= 11 is 0. The maximum Gasteiger partial charge on any atom is 0.416 e. The van der Waals surface area contributed by atoms with Gasteiger partial charge in [-0.15, -0.1) is 10.2 Å². The fourth-order valence-corrected chi connectivity index (χ4v) is 3.11. The Morgan fingerprint density at radius 1 is 1.08 bits per heavy atom. The number of halogens is 3. The quantitative estimate of drug-likeness (QED) is 0.899. The first-order chi connectivity index (χ1) is 11.8. The third kappa shape index (κ3) is 3.61. The molecule has 25 heavy (non-hydrogen) atoms. The van der Waals surface area contributed by atoms with Crippen LogP contribution in [-0.2, 0) is 6.18 Å². The van der Waals surface area contributed by atoms with E-state index in [2.05, 4.69) is 27.3 Å². The molecule has 1 N–H and O–H groups in total. The van der Waals surface area contributed by atoms with E-state index < -0.39 is 11.7 Å². The molecule has 0 radical (unpaired) electrons. The SMILES string of the molecule is Cc1c(-c2ccc(C(F)(F)F)cc2)nnc(N2CCN[C@H](C)C2)c1C. The summed E-state index contributed by atoms with van der Waals surface area (Å²) in [6.45, 7) is 8.65. The maximum atomic E-state index is 12.7. The lowest BCUT2D eigenvalue weighted by Crippen LogP contribution is -2.49. The summed E-state index contributed by atoms with van der Waals surface area (Å²) in [5.41, 5.74) is 2.56. The number of hydrogen-bond donors (Lipinski definition) is 1. The summed E-state index contributed by atoms with van der Waals surface area (Å²) in [5, 5.41) is 12.1. The number of hydrogen-bond acceptors (Lipinski definition) is 4. The Labute approximate surface area is 145 Å². The molecule has 2 aromatic rings. The van der Waals surface area contributed by atoms with Crippen LogP contribution in [0.5, 0.6) is 0 Å². The highest BCUT2D eigenvalue weighted by molar-refractivity contribution is 5.67. The Morgan fingerprint density at radius 3 is 2.36 bits per heavy atom. The summed E-state index contributed by atoms with van der Waals surface area (Å²) in [5.74, 6) is 0.849. The first-order valence-electron chi connectivity index (χ1n) is 8.27. The van der Waals surface area contributed by atoms with Gasteiger partial charge in [-0.2, -0.15) is 13.2 Å². The van der Waals surface area contributed by atoms with Crippen molar-refractivity contribution in [1.82, 2.24) is 15.5 Å². The van der Waals surface area contributed by atoms with E-state index in [4.69, 9.17) is 0 Å². The number of nitrogens with zero attached hydrogens (tertiary/aromatic N) is 3. The summed E-state index contributed by atoms with van der Waals surface area (Å²) in [6, 6.07) is 5.44. The zero-order valence-corrected chi connectivity index (χ0v) is 14.5. The highest BCUT2D eigenvalue weighted by Gasteiger charge is 2.30. The van der Waals surface area contributed by atoms with Crippen molar-refractivity contribution in [3.63, 3.8) is 0 Å². The Bertz CT molecular complexity index is 756. The van der Waals surface area contributed by atoms with Crippen molar-refractivity contribution in [3.8, 4) is 11.3 Å². The lowest BCUT2D eigenvalue weighted by molar-refractivity contribution is -0.137. The van der Waals surface area contributed by atoms with Crippen LogP contribution in [0.4, 0.5) is 19.0 Å². The number of alkyl halides is 3. The number of anilines is 1. The van der Waals surface area contributed by atoms with E-state index in [1.165, 1.54) is 12.1 Å². The van der Waals surface area contributed by atoms with Crippen LogP contribution in [0.1, 0.15) is 23.6 Å². The molecular weight excluding hydrogens is 329 g/mol. The second-order valence-corrected chi connectivity index (χ2v) is 6.50. The molecule has 1 saturated heterocycles. The average molecular weight is 350 g/mol. The van der Waals surface area contributed by atoms with Gasteiger partial charge in [0.25, 0.3) is 0 Å². The van der Waals surface area contributed by atoms with Crippen molar-refractivity contribution in [2.24, 2.45) is 0 Å². The number of nitrogens with one attached hydrogen (secondary N) is 1. The maximum absolute atomic E-state index is 12.7. The van der Waals surface area contributed by atoms with Crippen molar-refractivity contribution in [1.29, 1.82) is 0 Å². The Balaban J connectivity index is 1.92. The molecule has 3 rings (SSSR count). The van der Waals surface area contributed by atoms with Crippen molar-refractivity contribution < 1.29 is 13.2 Å². The molecule has 134 valence electrons. The van der Waals surface area contributed by atoms with Gasteiger partial charge in [0.05, 0.1) is 11.3 Å². The predicted octanol–water partition coefficient (Wildman–Crippen LogP) is 3.58. The molecule has 1 aliphatic rings. The van der Waals surface area contributed by atoms with E-state index >= 15 is 0 Å². The molecular formula is C18H21F3N4. The summed E-state index contributed by atoms with van der Waals surface area (Å²) in [7, 11) is 0. The van der Waals surface area contributed by atoms with Gasteiger partial charge in [-0.25, -0.2) is 0 Å². The van der Waals surface area contributed by atoms with Gasteiger partial charge in [0, 0.05) is 31.2 Å². The fraction of sp³-hybridized carbons (Fsp3) is 0.444. The van der Waals surface area contributed by atoms with E-state index in [9.17, 15) is 13.2 Å². The van der Waals surface area contributed by atoms with E-state index in [0.29, 0.717) is 17.3 Å². The smallest absolute Gasteiger partial charge is 0.352 e. The number of benzene rings is 1. The van der Waals surface area contributed by atoms with Crippen molar-refractivity contribution >= 4 is 5.82 Å². The molecule has 1 aromatic carbocycles. The van der Waals surface area contributed by atoms with Crippen LogP contribution in [-0.4, -0.2) is 35.9 Å². The number of aromatic nitrogens is 2. The van der Waals surface area contributed by atoms with Crippen LogP contribution in [0.25, 0.3) is 11.3 Å². The van der Waals surface area contributed by atoms with Crippen molar-refractivity contribution in [2.45, 2.75) is 33.0 Å². The van der Waals surface area contributed by atoms with Crippen molar-refractivity contribution in [3.05, 3.63) is 41.0 Å². The summed E-state index contributed by atoms with van der Waals surface area (Å²) in [6.07, 6.45) is -4.34. The first kappa shape index (κ1) is 17.7. The Hall–Kier alpha value is -2.15. The molecule has 1 fully saturated rings. The molecule has 1 aromatic heterocycles. The largest absolute Gasteiger partial charge is 0.416 e. The fourth-order valence-electron chi connectivity index (χ4n) is 3.11. The topological polar surface area (TPSA) is 41.1 Å². The molecule has 2 heterocycles. The molecule has 0 saturated carbocycles. The minimum Gasteiger partial charge on any atom is -0.352 e. The molecule has 0 unspecified atom stereocenters. The molecule has 0 aliphatic carbocycles. The number of piperazine rings is 1. The van der Waals surface area contributed by atoms with E-state index in [1.807, 2.05) is 13.8 Å². The monoisotopic (exact) mass is 350 g/mol. The third-order valence-corrected chi connectivity index (χ3v) is 4.65. The minimum atomic E-state index is -4.34. The molecule has 4 nitrogen and oxygen atoms in total. The van der Waals surface area contributed by atoms with E-state index in [-0.39, 0.29) is 0 Å². The average Bonchev–Trinajstić information content (AvgIpc) is 2.56. The van der Waals surface area contributed by atoms with Crippen LogP contribution >= 0.6 is 0 Å². The normalized spacial score (nSPS) is 18.5.